The van der Waals surface area contributed by atoms with Gasteiger partial charge in [-0.25, -0.2) is 26.5 Å². The van der Waals surface area contributed by atoms with Crippen molar-refractivity contribution in [2.45, 2.75) is 11.8 Å². The molecule has 0 unspecified atom stereocenters. The summed E-state index contributed by atoms with van der Waals surface area (Å²) in [6.07, 6.45) is 1.21. The largest absolute Gasteiger partial charge is 0.373 e. The fraction of sp³-hybridized carbons (Fsp3) is 0.500. The second-order valence-electron chi connectivity index (χ2n) is 3.76. The smallest absolute Gasteiger partial charge is 0.242 e. The van der Waals surface area contributed by atoms with Gasteiger partial charge in [-0.3, -0.25) is 0 Å². The van der Waals surface area contributed by atoms with E-state index in [1.807, 2.05) is 0 Å². The van der Waals surface area contributed by atoms with Gasteiger partial charge >= 0.3 is 0 Å². The lowest BCUT2D eigenvalue weighted by Gasteiger charge is -2.07. The topological polar surface area (TPSA) is 105 Å². The average Bonchev–Trinajstić information content (AvgIpc) is 2.38. The Hall–Kier alpha value is -1.19. The van der Waals surface area contributed by atoms with Crippen LogP contribution in [-0.2, 0) is 19.9 Å². The summed E-state index contributed by atoms with van der Waals surface area (Å²) in [6, 6.07) is 2.92. The molecule has 108 valence electrons. The van der Waals surface area contributed by atoms with Crippen molar-refractivity contribution in [3.8, 4) is 0 Å². The average molecular weight is 307 g/mol. The van der Waals surface area contributed by atoms with Crippen LogP contribution in [-0.4, -0.2) is 46.9 Å². The summed E-state index contributed by atoms with van der Waals surface area (Å²) < 4.78 is 48.4. The number of sulfonamides is 1. The Balaban J connectivity index is 2.70. The molecular weight excluding hydrogens is 290 g/mol. The number of hydrogen-bond acceptors (Lipinski definition) is 6. The number of sulfone groups is 1. The number of hydrogen-bond donors (Lipinski definition) is 2. The van der Waals surface area contributed by atoms with Gasteiger partial charge in [-0.2, -0.15) is 0 Å². The van der Waals surface area contributed by atoms with E-state index in [2.05, 4.69) is 15.0 Å². The summed E-state index contributed by atoms with van der Waals surface area (Å²) in [7, 11) is -5.24. The van der Waals surface area contributed by atoms with Crippen LogP contribution in [0.25, 0.3) is 0 Å². The molecular formula is C10H17N3O4S2. The third-order valence-electron chi connectivity index (χ3n) is 2.45. The zero-order valence-electron chi connectivity index (χ0n) is 10.8. The third kappa shape index (κ3) is 4.77. The molecule has 0 aliphatic heterocycles. The molecule has 0 bridgehead atoms. The van der Waals surface area contributed by atoms with Gasteiger partial charge in [0.1, 0.15) is 10.7 Å². The molecule has 7 nitrogen and oxygen atoms in total. The van der Waals surface area contributed by atoms with Gasteiger partial charge in [0.25, 0.3) is 0 Å². The molecule has 9 heteroatoms. The van der Waals surface area contributed by atoms with E-state index in [0.29, 0.717) is 5.82 Å². The Morgan fingerprint density at radius 1 is 1.21 bits per heavy atom. The van der Waals surface area contributed by atoms with E-state index >= 15 is 0 Å². The minimum atomic E-state index is -3.72. The van der Waals surface area contributed by atoms with Crippen molar-refractivity contribution in [1.82, 2.24) is 9.71 Å². The molecule has 0 aliphatic rings. The van der Waals surface area contributed by atoms with Crippen molar-refractivity contribution in [3.05, 3.63) is 18.3 Å². The van der Waals surface area contributed by atoms with Gasteiger partial charge in [0, 0.05) is 25.5 Å². The van der Waals surface area contributed by atoms with Gasteiger partial charge in [-0.05, 0) is 12.1 Å². The van der Waals surface area contributed by atoms with Crippen LogP contribution in [0.2, 0.25) is 0 Å². The lowest BCUT2D eigenvalue weighted by atomic mass is 10.5. The maximum absolute atomic E-state index is 11.8. The molecule has 0 radical (unpaired) electrons. The molecule has 0 atom stereocenters. The fourth-order valence-electron chi connectivity index (χ4n) is 1.25. The van der Waals surface area contributed by atoms with Crippen LogP contribution < -0.4 is 10.0 Å². The molecule has 1 aromatic heterocycles. The molecule has 0 fully saturated rings. The molecule has 0 aliphatic carbocycles. The Bertz CT molecular complexity index is 609. The van der Waals surface area contributed by atoms with Crippen molar-refractivity contribution >= 4 is 25.7 Å². The SMILES string of the molecule is CCS(=O)(=O)CCNS(=O)(=O)c1ccc(NC)nc1. The Kier molecular flexibility index (Phi) is 5.27. The van der Waals surface area contributed by atoms with E-state index in [9.17, 15) is 16.8 Å². The van der Waals surface area contributed by atoms with Crippen LogP contribution in [0, 0.1) is 0 Å². The minimum absolute atomic E-state index is 0.000367. The summed E-state index contributed by atoms with van der Waals surface area (Å²) >= 11 is 0. The predicted molar refractivity (Wildman–Crippen MR) is 73.3 cm³/mol. The quantitative estimate of drug-likeness (QED) is 0.725. The molecule has 0 aromatic carbocycles. The number of nitrogens with one attached hydrogen (secondary N) is 2. The summed E-state index contributed by atoms with van der Waals surface area (Å²) in [4.78, 5) is 3.89. The highest BCUT2D eigenvalue weighted by Crippen LogP contribution is 2.09. The monoisotopic (exact) mass is 307 g/mol. The number of rotatable bonds is 7. The number of nitrogens with zero attached hydrogens (tertiary/aromatic N) is 1. The first-order valence-corrected chi connectivity index (χ1v) is 8.95. The second-order valence-corrected chi connectivity index (χ2v) is 8.00. The van der Waals surface area contributed by atoms with Crippen molar-refractivity contribution in [2.24, 2.45) is 0 Å². The first-order valence-electron chi connectivity index (χ1n) is 5.64. The zero-order chi connectivity index (χ0) is 14.5. The maximum Gasteiger partial charge on any atom is 0.242 e. The van der Waals surface area contributed by atoms with Crippen LogP contribution in [0.4, 0.5) is 5.82 Å². The van der Waals surface area contributed by atoms with Crippen LogP contribution in [0.5, 0.6) is 0 Å². The lowest BCUT2D eigenvalue weighted by Crippen LogP contribution is -2.29. The summed E-state index contributed by atoms with van der Waals surface area (Å²) in [6.45, 7) is 1.37. The molecule has 0 saturated carbocycles. The van der Waals surface area contributed by atoms with E-state index in [0.717, 1.165) is 0 Å². The summed E-state index contributed by atoms with van der Waals surface area (Å²) in [5.74, 6) is 0.324. The molecule has 0 saturated heterocycles. The van der Waals surface area contributed by atoms with Crippen LogP contribution in [0.1, 0.15) is 6.92 Å². The Morgan fingerprint density at radius 2 is 1.89 bits per heavy atom. The van der Waals surface area contributed by atoms with E-state index < -0.39 is 19.9 Å². The van der Waals surface area contributed by atoms with E-state index in [4.69, 9.17) is 0 Å². The first-order chi connectivity index (χ1) is 8.80. The number of anilines is 1. The van der Waals surface area contributed by atoms with E-state index in [1.54, 1.807) is 7.05 Å². The van der Waals surface area contributed by atoms with E-state index in [-0.39, 0.29) is 22.9 Å². The van der Waals surface area contributed by atoms with Gasteiger partial charge in [0.05, 0.1) is 5.75 Å². The van der Waals surface area contributed by atoms with Gasteiger partial charge in [-0.15, -0.1) is 0 Å². The van der Waals surface area contributed by atoms with E-state index in [1.165, 1.54) is 25.3 Å². The first kappa shape index (κ1) is 15.9. The molecule has 0 amide bonds. The Morgan fingerprint density at radius 3 is 2.37 bits per heavy atom. The van der Waals surface area contributed by atoms with Crippen LogP contribution >= 0.6 is 0 Å². The fourth-order valence-corrected chi connectivity index (χ4v) is 3.05. The van der Waals surface area contributed by atoms with Crippen molar-refractivity contribution < 1.29 is 16.8 Å². The zero-order valence-corrected chi connectivity index (χ0v) is 12.4. The molecule has 2 N–H and O–H groups in total. The summed E-state index contributed by atoms with van der Waals surface area (Å²) in [5, 5.41) is 2.77. The van der Waals surface area contributed by atoms with Crippen LogP contribution in [0.15, 0.2) is 23.2 Å². The molecule has 1 heterocycles. The normalized spacial score (nSPS) is 12.3. The number of pyridine rings is 1. The molecule has 0 spiro atoms. The molecule has 19 heavy (non-hydrogen) atoms. The molecule has 1 aromatic rings. The van der Waals surface area contributed by atoms with Gasteiger partial charge in [0.15, 0.2) is 9.84 Å². The Labute approximate surface area is 113 Å². The summed E-state index contributed by atoms with van der Waals surface area (Å²) in [5.41, 5.74) is 0. The van der Waals surface area contributed by atoms with Gasteiger partial charge < -0.3 is 5.32 Å². The molecule has 1 rings (SSSR count). The van der Waals surface area contributed by atoms with Crippen molar-refractivity contribution in [1.29, 1.82) is 0 Å². The third-order valence-corrected chi connectivity index (χ3v) is 5.60. The van der Waals surface area contributed by atoms with Gasteiger partial charge in [0.2, 0.25) is 10.0 Å². The van der Waals surface area contributed by atoms with Crippen molar-refractivity contribution in [2.75, 3.05) is 30.4 Å². The maximum atomic E-state index is 11.8. The highest BCUT2D eigenvalue weighted by atomic mass is 32.2. The predicted octanol–water partition coefficient (Wildman–Crippen LogP) is -0.164. The standard InChI is InChI=1S/C10H17N3O4S2/c1-3-18(14,15)7-6-13-19(16,17)9-4-5-10(11-2)12-8-9/h4-5,8,13H,3,6-7H2,1-2H3,(H,11,12). The van der Waals surface area contributed by atoms with Crippen molar-refractivity contribution in [3.63, 3.8) is 0 Å². The number of aromatic nitrogens is 1. The van der Waals surface area contributed by atoms with Gasteiger partial charge in [-0.1, -0.05) is 6.92 Å². The second kappa shape index (κ2) is 6.31. The minimum Gasteiger partial charge on any atom is -0.373 e. The highest BCUT2D eigenvalue weighted by Gasteiger charge is 2.15. The highest BCUT2D eigenvalue weighted by molar-refractivity contribution is 7.91. The lowest BCUT2D eigenvalue weighted by molar-refractivity contribution is 0.581. The van der Waals surface area contributed by atoms with Crippen LogP contribution in [0.3, 0.4) is 0 Å².